The number of aromatic nitrogens is 4. The predicted molar refractivity (Wildman–Crippen MR) is 290 cm³/mol. The standard InChI is InChI=1S/C59H44B2N6S2/c1-39-23-17-18-32-44(39)53-51-52(55(46(38-63)58-65-48-34-20-22-36-50(48)69-58)66(53)60(40-24-9-5-10-25-40)41-26-11-6-12-27-41)56(59(2,3)4)67(61(42-28-13-7-14-29-42)43-30-15-8-16-31-43)54(51)45(37-62)57-64-47-33-19-21-35-49(47)68-57/h5-36H,1-4H3/b54-45-,55-46-. The van der Waals surface area contributed by atoms with Crippen LogP contribution in [-0.2, 0) is 5.41 Å². The fourth-order valence-electron chi connectivity index (χ4n) is 10.1. The monoisotopic (exact) mass is 922 g/mol. The number of nitriles is 2. The molecule has 0 fully saturated rings. The summed E-state index contributed by atoms with van der Waals surface area (Å²) in [5, 5.41) is 28.6. The highest BCUT2D eigenvalue weighted by atomic mass is 32.1. The summed E-state index contributed by atoms with van der Waals surface area (Å²) in [5.74, 6) is 0. The second-order valence-electron chi connectivity index (χ2n) is 18.3. The van der Waals surface area contributed by atoms with E-state index in [4.69, 9.17) is 9.97 Å². The Morgan fingerprint density at radius 2 is 0.855 bits per heavy atom. The van der Waals surface area contributed by atoms with Gasteiger partial charge in [0.25, 0.3) is 0 Å². The first-order valence-electron chi connectivity index (χ1n) is 23.1. The highest BCUT2D eigenvalue weighted by molar-refractivity contribution is 7.20. The van der Waals surface area contributed by atoms with E-state index in [0.29, 0.717) is 21.2 Å². The molecule has 0 atom stereocenters. The summed E-state index contributed by atoms with van der Waals surface area (Å²) < 4.78 is 6.84. The first-order chi connectivity index (χ1) is 33.7. The molecule has 11 aromatic rings. The average molecular weight is 923 g/mol. The minimum absolute atomic E-state index is 0.403. The Kier molecular flexibility index (Phi) is 11.3. The lowest BCUT2D eigenvalue weighted by molar-refractivity contribution is 0.567. The number of para-hydroxylation sites is 2. The molecular formula is C59H44B2N6S2. The van der Waals surface area contributed by atoms with Gasteiger partial charge in [-0.2, -0.15) is 10.5 Å². The molecule has 0 spiro atoms. The van der Waals surface area contributed by atoms with Crippen molar-refractivity contribution >= 4 is 101 Å². The number of fused-ring (bicyclic) bond motifs is 3. The van der Waals surface area contributed by atoms with Gasteiger partial charge < -0.3 is 8.96 Å². The molecule has 0 aliphatic rings. The number of aryl methyl sites for hydroxylation is 1. The van der Waals surface area contributed by atoms with Gasteiger partial charge in [0.2, 0.25) is 0 Å². The lowest BCUT2D eigenvalue weighted by Gasteiger charge is -2.29. The minimum Gasteiger partial charge on any atom is -0.378 e. The topological polar surface area (TPSA) is 83.2 Å². The van der Waals surface area contributed by atoms with Crippen molar-refractivity contribution < 1.29 is 0 Å². The van der Waals surface area contributed by atoms with Crippen molar-refractivity contribution in [1.29, 1.82) is 10.5 Å². The third kappa shape index (κ3) is 7.59. The summed E-state index contributed by atoms with van der Waals surface area (Å²) in [6.07, 6.45) is 0. The van der Waals surface area contributed by atoms with Crippen molar-refractivity contribution in [1.82, 2.24) is 18.9 Å². The van der Waals surface area contributed by atoms with Crippen LogP contribution in [0.25, 0.3) is 53.6 Å². The molecule has 0 amide bonds. The summed E-state index contributed by atoms with van der Waals surface area (Å²) in [7, 11) is 0. The highest BCUT2D eigenvalue weighted by Gasteiger charge is 2.40. The Balaban J connectivity index is 1.52. The van der Waals surface area contributed by atoms with Gasteiger partial charge in [0.15, 0.2) is 0 Å². The fraction of sp³-hybridized carbons (Fsp3) is 0.0847. The molecule has 0 unspecified atom stereocenters. The van der Waals surface area contributed by atoms with Gasteiger partial charge in [-0.3, -0.25) is 0 Å². The summed E-state index contributed by atoms with van der Waals surface area (Å²) in [6.45, 7) is 8.08. The van der Waals surface area contributed by atoms with Crippen molar-refractivity contribution in [3.05, 3.63) is 226 Å². The Morgan fingerprint density at radius 1 is 0.478 bits per heavy atom. The number of thiazole rings is 2. The molecule has 0 aliphatic heterocycles. The van der Waals surface area contributed by atoms with Crippen LogP contribution in [-0.4, -0.2) is 32.6 Å². The van der Waals surface area contributed by atoms with Crippen LogP contribution >= 0.6 is 22.7 Å². The predicted octanol–water partition coefficient (Wildman–Crippen LogP) is 9.69. The van der Waals surface area contributed by atoms with Crippen LogP contribution in [0.1, 0.15) is 42.0 Å². The normalized spacial score (nSPS) is 12.5. The van der Waals surface area contributed by atoms with Crippen LogP contribution in [0, 0.1) is 29.6 Å². The lowest BCUT2D eigenvalue weighted by atomic mass is 9.49. The van der Waals surface area contributed by atoms with E-state index in [1.165, 1.54) is 22.7 Å². The van der Waals surface area contributed by atoms with Gasteiger partial charge >= 0.3 is 13.7 Å². The van der Waals surface area contributed by atoms with E-state index in [1.54, 1.807) is 0 Å². The number of rotatable bonds is 9. The Hall–Kier alpha value is -8.01. The third-order valence-electron chi connectivity index (χ3n) is 13.0. The van der Waals surface area contributed by atoms with E-state index in [2.05, 4.69) is 182 Å². The molecule has 69 heavy (non-hydrogen) atoms. The van der Waals surface area contributed by atoms with Gasteiger partial charge in [-0.15, -0.1) is 22.7 Å². The van der Waals surface area contributed by atoms with Crippen molar-refractivity contribution in [2.45, 2.75) is 33.1 Å². The first-order valence-corrected chi connectivity index (χ1v) is 24.7. The molecular weight excluding hydrogens is 878 g/mol. The second-order valence-corrected chi connectivity index (χ2v) is 20.4. The van der Waals surface area contributed by atoms with Crippen molar-refractivity contribution in [2.24, 2.45) is 0 Å². The molecule has 7 aromatic carbocycles. The largest absolute Gasteiger partial charge is 0.378 e. The molecule has 328 valence electrons. The summed E-state index contributed by atoms with van der Waals surface area (Å²) in [6, 6.07) is 72.7. The average Bonchev–Trinajstić information content (AvgIpc) is 4.16. The number of hydrogen-bond acceptors (Lipinski definition) is 6. The Bertz CT molecular complexity index is 3690. The van der Waals surface area contributed by atoms with Crippen LogP contribution in [0.15, 0.2) is 194 Å². The molecule has 0 aliphatic carbocycles. The number of benzene rings is 7. The highest BCUT2D eigenvalue weighted by Crippen LogP contribution is 2.39. The van der Waals surface area contributed by atoms with Gasteiger partial charge in [-0.1, -0.05) is 212 Å². The van der Waals surface area contributed by atoms with Crippen LogP contribution in [0.5, 0.6) is 0 Å². The van der Waals surface area contributed by atoms with E-state index in [1.807, 2.05) is 60.7 Å². The maximum absolute atomic E-state index is 12.0. The van der Waals surface area contributed by atoms with E-state index in [0.717, 1.165) is 86.3 Å². The first kappa shape index (κ1) is 43.6. The molecule has 4 heterocycles. The zero-order chi connectivity index (χ0) is 47.2. The lowest BCUT2D eigenvalue weighted by Crippen LogP contribution is -2.55. The zero-order valence-corrected chi connectivity index (χ0v) is 40.3. The van der Waals surface area contributed by atoms with Gasteiger partial charge in [0.1, 0.15) is 33.3 Å². The van der Waals surface area contributed by atoms with Crippen LogP contribution in [0.4, 0.5) is 0 Å². The molecule has 10 heteroatoms. The molecule has 0 N–H and O–H groups in total. The van der Waals surface area contributed by atoms with E-state index < -0.39 is 19.1 Å². The minimum atomic E-state index is -0.584. The molecule has 0 bridgehead atoms. The van der Waals surface area contributed by atoms with E-state index in [9.17, 15) is 10.5 Å². The maximum atomic E-state index is 12.0. The van der Waals surface area contributed by atoms with Crippen molar-refractivity contribution in [3.8, 4) is 23.4 Å². The van der Waals surface area contributed by atoms with E-state index >= 15 is 0 Å². The summed E-state index contributed by atoms with van der Waals surface area (Å²) in [4.78, 5) is 10.5. The summed E-state index contributed by atoms with van der Waals surface area (Å²) in [5.41, 5.74) is 10.1. The van der Waals surface area contributed by atoms with Crippen LogP contribution < -0.4 is 32.5 Å². The van der Waals surface area contributed by atoms with Crippen LogP contribution in [0.3, 0.4) is 0 Å². The molecule has 11 rings (SSSR count). The smallest absolute Gasteiger partial charge is 0.328 e. The molecule has 0 saturated carbocycles. The van der Waals surface area contributed by atoms with Gasteiger partial charge in [-0.25, -0.2) is 9.97 Å². The zero-order valence-electron chi connectivity index (χ0n) is 38.6. The Labute approximate surface area is 410 Å². The number of hydrogen-bond donors (Lipinski definition) is 0. The molecule has 6 nitrogen and oxygen atoms in total. The van der Waals surface area contributed by atoms with Crippen LogP contribution in [0.2, 0.25) is 0 Å². The molecule has 0 saturated heterocycles. The van der Waals surface area contributed by atoms with Gasteiger partial charge in [0.05, 0.1) is 31.1 Å². The second kappa shape index (κ2) is 17.9. The maximum Gasteiger partial charge on any atom is 0.328 e. The van der Waals surface area contributed by atoms with Crippen molar-refractivity contribution in [3.63, 3.8) is 0 Å². The summed E-state index contributed by atoms with van der Waals surface area (Å²) >= 11 is 3.06. The molecule has 4 aromatic heterocycles. The quantitative estimate of drug-likeness (QED) is 0.135. The fourth-order valence-corrected chi connectivity index (χ4v) is 12.1. The molecule has 0 radical (unpaired) electrons. The third-order valence-corrected chi connectivity index (χ3v) is 15.1. The van der Waals surface area contributed by atoms with E-state index in [-0.39, 0.29) is 0 Å². The van der Waals surface area contributed by atoms with Gasteiger partial charge in [-0.05, 0) is 36.8 Å². The van der Waals surface area contributed by atoms with Gasteiger partial charge in [0, 0.05) is 33.1 Å². The SMILES string of the molecule is Cc1ccccc1-c1c2/c(=C(\C#N)c3nc4ccccc4s3)n(B(c3ccccc3)c3ccccc3)c(C(C)(C)C)c2/c(=C(\C#N)c2nc3ccccc3s2)n1B(c1ccccc1)c1ccccc1. The Morgan fingerprint density at radius 3 is 1.26 bits per heavy atom. The number of nitrogens with zero attached hydrogens (tertiary/aromatic N) is 6. The van der Waals surface area contributed by atoms with Crippen molar-refractivity contribution in [2.75, 3.05) is 0 Å².